The number of aryl methyl sites for hydroxylation is 1. The summed E-state index contributed by atoms with van der Waals surface area (Å²) < 4.78 is 5.33. The molecule has 2 aromatic carbocycles. The molecule has 3 rings (SSSR count). The number of quaternary nitrogens is 2. The van der Waals surface area contributed by atoms with Crippen LogP contribution in [-0.4, -0.2) is 33.3 Å². The smallest absolute Gasteiger partial charge is 0.127 e. The van der Waals surface area contributed by atoms with Crippen molar-refractivity contribution in [1.82, 2.24) is 0 Å². The van der Waals surface area contributed by atoms with E-state index in [2.05, 4.69) is 49.4 Å². The largest absolute Gasteiger partial charge is 0.497 e. The zero-order chi connectivity index (χ0) is 16.1. The highest BCUT2D eigenvalue weighted by molar-refractivity contribution is 5.27. The summed E-state index contributed by atoms with van der Waals surface area (Å²) in [5, 5.41) is 0. The summed E-state index contributed by atoms with van der Waals surface area (Å²) in [6.45, 7) is 9.51. The fourth-order valence-corrected chi connectivity index (χ4v) is 3.46. The van der Waals surface area contributed by atoms with Gasteiger partial charge in [-0.2, -0.15) is 0 Å². The molecular formula is C20H28N2O+2. The van der Waals surface area contributed by atoms with Gasteiger partial charge in [0, 0.05) is 11.1 Å². The van der Waals surface area contributed by atoms with E-state index in [9.17, 15) is 0 Å². The number of ether oxygens (including phenoxy) is 1. The molecule has 0 atom stereocenters. The van der Waals surface area contributed by atoms with Crippen molar-refractivity contribution >= 4 is 0 Å². The molecule has 1 aliphatic rings. The second-order valence-corrected chi connectivity index (χ2v) is 6.63. The van der Waals surface area contributed by atoms with E-state index in [-0.39, 0.29) is 0 Å². The minimum Gasteiger partial charge on any atom is -0.497 e. The zero-order valence-corrected chi connectivity index (χ0v) is 14.3. The van der Waals surface area contributed by atoms with Gasteiger partial charge >= 0.3 is 0 Å². The van der Waals surface area contributed by atoms with Crippen molar-refractivity contribution in [1.29, 1.82) is 0 Å². The Bertz CT molecular complexity index is 633. The molecular weight excluding hydrogens is 284 g/mol. The van der Waals surface area contributed by atoms with Gasteiger partial charge in [0.1, 0.15) is 45.0 Å². The van der Waals surface area contributed by atoms with Gasteiger partial charge in [-0.05, 0) is 24.6 Å². The van der Waals surface area contributed by atoms with Crippen LogP contribution in [0.1, 0.15) is 16.7 Å². The molecule has 0 radical (unpaired) electrons. The number of piperazine rings is 1. The average Bonchev–Trinajstić information content (AvgIpc) is 2.59. The SMILES string of the molecule is COc1cccc(C[NH+]2CC[NH+](Cc3ccccc3C)CC2)c1. The minimum atomic E-state index is 0.964. The molecule has 2 N–H and O–H groups in total. The van der Waals surface area contributed by atoms with Crippen molar-refractivity contribution in [2.75, 3.05) is 33.3 Å². The van der Waals surface area contributed by atoms with E-state index in [0.717, 1.165) is 12.3 Å². The van der Waals surface area contributed by atoms with Crippen LogP contribution in [0.15, 0.2) is 48.5 Å². The third kappa shape index (κ3) is 4.34. The lowest BCUT2D eigenvalue weighted by atomic mass is 10.1. The highest BCUT2D eigenvalue weighted by Crippen LogP contribution is 2.11. The fourth-order valence-electron chi connectivity index (χ4n) is 3.46. The summed E-state index contributed by atoms with van der Waals surface area (Å²) in [6, 6.07) is 17.3. The standard InChI is InChI=1S/C20H26N2O/c1-17-6-3-4-8-19(17)16-22-12-10-21(11-13-22)15-18-7-5-9-20(14-18)23-2/h3-9,14H,10-13,15-16H2,1-2H3/p+2. The summed E-state index contributed by atoms with van der Waals surface area (Å²) in [7, 11) is 1.74. The van der Waals surface area contributed by atoms with Crippen molar-refractivity contribution in [2.45, 2.75) is 20.0 Å². The lowest BCUT2D eigenvalue weighted by Crippen LogP contribution is -3.27. The maximum atomic E-state index is 5.33. The number of hydrogen-bond donors (Lipinski definition) is 2. The number of rotatable bonds is 5. The lowest BCUT2D eigenvalue weighted by molar-refractivity contribution is -1.02. The molecule has 1 saturated heterocycles. The van der Waals surface area contributed by atoms with Crippen LogP contribution < -0.4 is 14.5 Å². The Morgan fingerprint density at radius 1 is 0.870 bits per heavy atom. The number of nitrogens with one attached hydrogen (secondary N) is 2. The molecule has 3 nitrogen and oxygen atoms in total. The Hall–Kier alpha value is -1.84. The quantitative estimate of drug-likeness (QED) is 0.822. The number of hydrogen-bond acceptors (Lipinski definition) is 1. The molecule has 1 aliphatic heterocycles. The maximum Gasteiger partial charge on any atom is 0.127 e. The van der Waals surface area contributed by atoms with E-state index < -0.39 is 0 Å². The van der Waals surface area contributed by atoms with Crippen molar-refractivity contribution in [3.05, 3.63) is 65.2 Å². The fraction of sp³-hybridized carbons (Fsp3) is 0.400. The first-order valence-electron chi connectivity index (χ1n) is 8.59. The van der Waals surface area contributed by atoms with Crippen molar-refractivity contribution in [2.24, 2.45) is 0 Å². The average molecular weight is 312 g/mol. The highest BCUT2D eigenvalue weighted by atomic mass is 16.5. The Labute approximate surface area is 139 Å². The summed E-state index contributed by atoms with van der Waals surface area (Å²) in [6.07, 6.45) is 0. The monoisotopic (exact) mass is 312 g/mol. The molecule has 2 aromatic rings. The van der Waals surface area contributed by atoms with Gasteiger partial charge in [0.2, 0.25) is 0 Å². The van der Waals surface area contributed by atoms with Gasteiger partial charge in [0.05, 0.1) is 7.11 Å². The van der Waals surface area contributed by atoms with Gasteiger partial charge in [-0.25, -0.2) is 0 Å². The molecule has 0 bridgehead atoms. The molecule has 3 heteroatoms. The Kier molecular flexibility index (Phi) is 5.31. The van der Waals surface area contributed by atoms with Crippen molar-refractivity contribution in [3.8, 4) is 5.75 Å². The predicted octanol–water partition coefficient (Wildman–Crippen LogP) is 0.487. The van der Waals surface area contributed by atoms with Crippen LogP contribution in [0, 0.1) is 6.92 Å². The second kappa shape index (κ2) is 7.62. The molecule has 1 heterocycles. The first kappa shape index (κ1) is 16.0. The van der Waals surface area contributed by atoms with Gasteiger partial charge in [0.15, 0.2) is 0 Å². The maximum absolute atomic E-state index is 5.33. The number of methoxy groups -OCH3 is 1. The third-order valence-electron chi connectivity index (χ3n) is 4.95. The summed E-state index contributed by atoms with van der Waals surface area (Å²) in [4.78, 5) is 3.40. The highest BCUT2D eigenvalue weighted by Gasteiger charge is 2.23. The zero-order valence-electron chi connectivity index (χ0n) is 14.3. The lowest BCUT2D eigenvalue weighted by Gasteiger charge is -2.30. The molecule has 0 amide bonds. The van der Waals surface area contributed by atoms with Gasteiger partial charge < -0.3 is 14.5 Å². The molecule has 0 aliphatic carbocycles. The minimum absolute atomic E-state index is 0.964. The Balaban J connectivity index is 1.51. The van der Waals surface area contributed by atoms with Crippen molar-refractivity contribution in [3.63, 3.8) is 0 Å². The van der Waals surface area contributed by atoms with E-state index in [0.29, 0.717) is 0 Å². The summed E-state index contributed by atoms with van der Waals surface area (Å²) in [5.74, 6) is 0.964. The van der Waals surface area contributed by atoms with Gasteiger partial charge in [-0.1, -0.05) is 36.4 Å². The topological polar surface area (TPSA) is 18.1 Å². The predicted molar refractivity (Wildman–Crippen MR) is 93.0 cm³/mol. The second-order valence-electron chi connectivity index (χ2n) is 6.63. The van der Waals surface area contributed by atoms with Crippen LogP contribution in [0.3, 0.4) is 0 Å². The third-order valence-corrected chi connectivity index (χ3v) is 4.95. The molecule has 0 aromatic heterocycles. The van der Waals surface area contributed by atoms with Crippen LogP contribution in [0.2, 0.25) is 0 Å². The normalized spacial score (nSPS) is 21.1. The van der Waals surface area contributed by atoms with E-state index in [4.69, 9.17) is 4.74 Å². The van der Waals surface area contributed by atoms with Crippen LogP contribution >= 0.6 is 0 Å². The van der Waals surface area contributed by atoms with Gasteiger partial charge in [-0.3, -0.25) is 0 Å². The molecule has 1 fully saturated rings. The van der Waals surface area contributed by atoms with Crippen LogP contribution in [0.5, 0.6) is 5.75 Å². The van der Waals surface area contributed by atoms with E-state index in [1.165, 1.54) is 49.4 Å². The van der Waals surface area contributed by atoms with Crippen molar-refractivity contribution < 1.29 is 14.5 Å². The van der Waals surface area contributed by atoms with E-state index in [1.807, 2.05) is 6.07 Å². The first-order valence-corrected chi connectivity index (χ1v) is 8.59. The van der Waals surface area contributed by atoms with E-state index in [1.54, 1.807) is 16.9 Å². The Morgan fingerprint density at radius 2 is 1.57 bits per heavy atom. The Morgan fingerprint density at radius 3 is 2.26 bits per heavy atom. The van der Waals surface area contributed by atoms with Crippen LogP contribution in [0.4, 0.5) is 0 Å². The molecule has 0 saturated carbocycles. The van der Waals surface area contributed by atoms with E-state index >= 15 is 0 Å². The van der Waals surface area contributed by atoms with Crippen LogP contribution in [0.25, 0.3) is 0 Å². The molecule has 0 spiro atoms. The summed E-state index contributed by atoms with van der Waals surface area (Å²) >= 11 is 0. The molecule has 0 unspecified atom stereocenters. The van der Waals surface area contributed by atoms with Gasteiger partial charge in [-0.15, -0.1) is 0 Å². The number of benzene rings is 2. The van der Waals surface area contributed by atoms with Gasteiger partial charge in [0.25, 0.3) is 0 Å². The first-order chi connectivity index (χ1) is 11.2. The summed E-state index contributed by atoms with van der Waals surface area (Å²) in [5.41, 5.74) is 4.30. The molecule has 122 valence electrons. The van der Waals surface area contributed by atoms with Crippen LogP contribution in [-0.2, 0) is 13.1 Å². The molecule has 23 heavy (non-hydrogen) atoms.